The minimum atomic E-state index is 0.385. The van der Waals surface area contributed by atoms with Crippen LogP contribution in [0.3, 0.4) is 0 Å². The van der Waals surface area contributed by atoms with Crippen LogP contribution in [0.2, 0.25) is 10.3 Å². The lowest BCUT2D eigenvalue weighted by molar-refractivity contribution is 0.571. The molecule has 3 rings (SSSR count). The molecule has 1 heterocycles. The molecule has 25 heavy (non-hydrogen) atoms. The monoisotopic (exact) mass is 374 g/mol. The smallest absolute Gasteiger partial charge is 0.166 e. The first kappa shape index (κ1) is 18.3. The van der Waals surface area contributed by atoms with Crippen LogP contribution in [0.1, 0.15) is 44.6 Å². The zero-order valence-electron chi connectivity index (χ0n) is 14.9. The Hall–Kier alpha value is -1.51. The summed E-state index contributed by atoms with van der Waals surface area (Å²) in [5, 5.41) is 3.31. The second kappa shape index (κ2) is 8.25. The van der Waals surface area contributed by atoms with E-state index < -0.39 is 0 Å². The number of nitrogens with zero attached hydrogens (tertiary/aromatic N) is 2. The highest BCUT2D eigenvalue weighted by molar-refractivity contribution is 6.40. The van der Waals surface area contributed by atoms with E-state index in [2.05, 4.69) is 59.8 Å². The number of halogens is 2. The summed E-state index contributed by atoms with van der Waals surface area (Å²) in [5.74, 6) is 0.866. The van der Waals surface area contributed by atoms with Gasteiger partial charge in [-0.25, -0.2) is 4.98 Å². The van der Waals surface area contributed by atoms with E-state index in [4.69, 9.17) is 23.2 Å². The predicted molar refractivity (Wildman–Crippen MR) is 109 cm³/mol. The molecule has 0 radical (unpaired) electrons. The Bertz CT molecular complexity index is 868. The van der Waals surface area contributed by atoms with Gasteiger partial charge in [0.2, 0.25) is 0 Å². The van der Waals surface area contributed by atoms with Gasteiger partial charge in [-0.05, 0) is 35.7 Å². The van der Waals surface area contributed by atoms with E-state index in [-0.39, 0.29) is 0 Å². The summed E-state index contributed by atoms with van der Waals surface area (Å²) in [6, 6.07) is 12.7. The Morgan fingerprint density at radius 1 is 1.00 bits per heavy atom. The van der Waals surface area contributed by atoms with Crippen molar-refractivity contribution in [3.63, 3.8) is 0 Å². The zero-order valence-corrected chi connectivity index (χ0v) is 16.4. The molecule has 4 heteroatoms. The summed E-state index contributed by atoms with van der Waals surface area (Å²) in [6.07, 6.45) is 6.09. The minimum absolute atomic E-state index is 0.385. The number of hydrogen-bond acceptors (Lipinski definition) is 1. The van der Waals surface area contributed by atoms with Crippen molar-refractivity contribution in [2.24, 2.45) is 0 Å². The molecule has 0 N–H and O–H groups in total. The number of unbranched alkanes of at least 4 members (excludes halogenated alkanes) is 4. The van der Waals surface area contributed by atoms with Crippen LogP contribution >= 0.6 is 23.2 Å². The molecule has 0 amide bonds. The van der Waals surface area contributed by atoms with E-state index in [1.54, 1.807) is 0 Å². The number of imidazole rings is 1. The van der Waals surface area contributed by atoms with Crippen LogP contribution in [0.15, 0.2) is 36.4 Å². The molecule has 0 atom stereocenters. The molecule has 0 spiro atoms. The maximum absolute atomic E-state index is 6.46. The van der Waals surface area contributed by atoms with E-state index in [9.17, 15) is 0 Å². The van der Waals surface area contributed by atoms with Gasteiger partial charge in [-0.3, -0.25) is 0 Å². The van der Waals surface area contributed by atoms with Gasteiger partial charge in [-0.15, -0.1) is 0 Å². The van der Waals surface area contributed by atoms with Crippen molar-refractivity contribution in [2.45, 2.75) is 52.5 Å². The van der Waals surface area contributed by atoms with Crippen molar-refractivity contribution >= 4 is 34.0 Å². The molecule has 0 fully saturated rings. The van der Waals surface area contributed by atoms with Crippen LogP contribution in [-0.2, 0) is 6.54 Å². The van der Waals surface area contributed by atoms with Crippen molar-refractivity contribution in [1.29, 1.82) is 0 Å². The maximum Gasteiger partial charge on any atom is 0.166 e. The van der Waals surface area contributed by atoms with Crippen molar-refractivity contribution in [1.82, 2.24) is 9.55 Å². The van der Waals surface area contributed by atoms with E-state index in [1.165, 1.54) is 42.0 Å². The highest BCUT2D eigenvalue weighted by Gasteiger charge is 2.17. The van der Waals surface area contributed by atoms with Gasteiger partial charge in [0.25, 0.3) is 0 Å². The molecule has 0 aliphatic carbocycles. The van der Waals surface area contributed by atoms with Crippen LogP contribution in [0.5, 0.6) is 0 Å². The molecule has 0 unspecified atom stereocenters. The second-order valence-corrected chi connectivity index (χ2v) is 7.33. The predicted octanol–water partition coefficient (Wildman–Crippen LogP) is 7.29. The Labute approximate surface area is 159 Å². The van der Waals surface area contributed by atoms with Gasteiger partial charge in [-0.1, -0.05) is 86.1 Å². The molecule has 0 saturated heterocycles. The Kier molecular flexibility index (Phi) is 6.03. The molecule has 2 aromatic carbocycles. The summed E-state index contributed by atoms with van der Waals surface area (Å²) < 4.78 is 2.07. The van der Waals surface area contributed by atoms with Crippen LogP contribution < -0.4 is 0 Å². The van der Waals surface area contributed by atoms with Crippen molar-refractivity contribution in [3.8, 4) is 11.4 Å². The highest BCUT2D eigenvalue weighted by atomic mass is 35.5. The van der Waals surface area contributed by atoms with Gasteiger partial charge in [-0.2, -0.15) is 0 Å². The van der Waals surface area contributed by atoms with Crippen LogP contribution in [0.25, 0.3) is 22.2 Å². The van der Waals surface area contributed by atoms with Gasteiger partial charge in [0.1, 0.15) is 11.0 Å². The number of aryl methyl sites for hydroxylation is 1. The third-order valence-electron chi connectivity index (χ3n) is 4.60. The van der Waals surface area contributed by atoms with E-state index in [1.807, 2.05) is 0 Å². The van der Waals surface area contributed by atoms with E-state index in [0.717, 1.165) is 24.4 Å². The standard InChI is InChI=1S/C21H24Cl2N2/c1-3-4-5-6-9-12-25-20(23)19(22)24-21(25)18-14-15(2)13-16-10-7-8-11-17(16)18/h7-8,10-11,13-14H,3-6,9,12H2,1-2H3. The molecule has 0 aliphatic rings. The Morgan fingerprint density at radius 3 is 2.56 bits per heavy atom. The van der Waals surface area contributed by atoms with E-state index >= 15 is 0 Å². The highest BCUT2D eigenvalue weighted by Crippen LogP contribution is 2.34. The normalized spacial score (nSPS) is 11.4. The molecule has 3 aromatic rings. The molecular weight excluding hydrogens is 351 g/mol. The summed E-state index contributed by atoms with van der Waals surface area (Å²) in [6.45, 7) is 5.19. The van der Waals surface area contributed by atoms with Crippen LogP contribution in [0, 0.1) is 6.92 Å². The van der Waals surface area contributed by atoms with Gasteiger partial charge < -0.3 is 4.57 Å². The largest absolute Gasteiger partial charge is 0.314 e. The first-order chi connectivity index (χ1) is 12.1. The van der Waals surface area contributed by atoms with Gasteiger partial charge in [0.15, 0.2) is 5.15 Å². The first-order valence-corrected chi connectivity index (χ1v) is 9.78. The zero-order chi connectivity index (χ0) is 17.8. The van der Waals surface area contributed by atoms with Crippen molar-refractivity contribution < 1.29 is 0 Å². The van der Waals surface area contributed by atoms with Crippen molar-refractivity contribution in [2.75, 3.05) is 0 Å². The summed E-state index contributed by atoms with van der Waals surface area (Å²) in [5.41, 5.74) is 2.30. The lowest BCUT2D eigenvalue weighted by Gasteiger charge is -2.12. The van der Waals surface area contributed by atoms with Gasteiger partial charge in [0.05, 0.1) is 0 Å². The summed E-state index contributed by atoms with van der Waals surface area (Å²) in [7, 11) is 0. The quantitative estimate of drug-likeness (QED) is 0.397. The molecule has 0 saturated carbocycles. The van der Waals surface area contributed by atoms with Crippen LogP contribution in [0.4, 0.5) is 0 Å². The van der Waals surface area contributed by atoms with E-state index in [0.29, 0.717) is 10.3 Å². The molecule has 0 bridgehead atoms. The lowest BCUT2D eigenvalue weighted by Crippen LogP contribution is -2.02. The molecule has 132 valence electrons. The van der Waals surface area contributed by atoms with Gasteiger partial charge >= 0.3 is 0 Å². The third kappa shape index (κ3) is 4.02. The van der Waals surface area contributed by atoms with Crippen LogP contribution in [-0.4, -0.2) is 9.55 Å². The second-order valence-electron chi connectivity index (χ2n) is 6.62. The molecule has 2 nitrogen and oxygen atoms in total. The average molecular weight is 375 g/mol. The summed E-state index contributed by atoms with van der Waals surface area (Å²) in [4.78, 5) is 4.58. The van der Waals surface area contributed by atoms with Crippen molar-refractivity contribution in [3.05, 3.63) is 52.3 Å². The molecule has 0 aliphatic heterocycles. The fourth-order valence-electron chi connectivity index (χ4n) is 3.33. The molecular formula is C21H24Cl2N2. The number of benzene rings is 2. The minimum Gasteiger partial charge on any atom is -0.314 e. The Balaban J connectivity index is 1.99. The summed E-state index contributed by atoms with van der Waals surface area (Å²) >= 11 is 12.7. The lowest BCUT2D eigenvalue weighted by atomic mass is 10.0. The Morgan fingerprint density at radius 2 is 1.76 bits per heavy atom. The maximum atomic E-state index is 6.46. The number of fused-ring (bicyclic) bond motifs is 1. The topological polar surface area (TPSA) is 17.8 Å². The van der Waals surface area contributed by atoms with Gasteiger partial charge in [0, 0.05) is 12.1 Å². The number of rotatable bonds is 7. The number of hydrogen-bond donors (Lipinski definition) is 0. The average Bonchev–Trinajstić information content (AvgIpc) is 2.89. The SMILES string of the molecule is CCCCCCCn1c(-c2cc(C)cc3ccccc23)nc(Cl)c1Cl. The fourth-order valence-corrected chi connectivity index (χ4v) is 3.72. The third-order valence-corrected chi connectivity index (χ3v) is 5.34. The first-order valence-electron chi connectivity index (χ1n) is 9.03. The fraction of sp³-hybridized carbons (Fsp3) is 0.381. The molecule has 1 aromatic heterocycles. The number of aromatic nitrogens is 2.